The van der Waals surface area contributed by atoms with E-state index in [4.69, 9.17) is 4.74 Å². The van der Waals surface area contributed by atoms with Gasteiger partial charge in [0.15, 0.2) is 0 Å². The van der Waals surface area contributed by atoms with Gasteiger partial charge in [-0.1, -0.05) is 19.1 Å². The standard InChI is InChI=1S/C19H29N3O7S/c1-6-7-16(23)20-12-14-8-10-15(11-9-14)22(13-17(24)28-5)30(26,27)21-18(25)29-19(2,3)4/h8-11H,6-7,12-13H2,1-5H3,(H,20,23)(H,21,25). The van der Waals surface area contributed by atoms with Crippen LogP contribution in [0.3, 0.4) is 0 Å². The lowest BCUT2D eigenvalue weighted by Crippen LogP contribution is -2.47. The highest BCUT2D eigenvalue weighted by Crippen LogP contribution is 2.19. The molecule has 0 unspecified atom stereocenters. The van der Waals surface area contributed by atoms with E-state index in [9.17, 15) is 22.8 Å². The number of carbonyl (C=O) groups excluding carboxylic acids is 3. The number of rotatable bonds is 9. The van der Waals surface area contributed by atoms with E-state index in [1.165, 1.54) is 12.1 Å². The number of amides is 2. The van der Waals surface area contributed by atoms with Crippen LogP contribution in [0.15, 0.2) is 24.3 Å². The highest BCUT2D eigenvalue weighted by atomic mass is 32.2. The zero-order valence-electron chi connectivity index (χ0n) is 17.9. The lowest BCUT2D eigenvalue weighted by molar-refractivity contribution is -0.138. The van der Waals surface area contributed by atoms with Crippen molar-refractivity contribution >= 4 is 33.9 Å². The van der Waals surface area contributed by atoms with Crippen molar-refractivity contribution in [2.24, 2.45) is 0 Å². The molecular formula is C19H29N3O7S. The highest BCUT2D eigenvalue weighted by Gasteiger charge is 2.29. The number of hydrogen-bond donors (Lipinski definition) is 2. The predicted molar refractivity (Wildman–Crippen MR) is 111 cm³/mol. The zero-order valence-corrected chi connectivity index (χ0v) is 18.7. The van der Waals surface area contributed by atoms with Crippen molar-refractivity contribution in [2.45, 2.75) is 52.7 Å². The number of carbonyl (C=O) groups is 3. The first-order valence-corrected chi connectivity index (χ1v) is 10.8. The molecule has 1 aromatic carbocycles. The molecule has 1 rings (SSSR count). The Morgan fingerprint density at radius 2 is 1.70 bits per heavy atom. The number of esters is 1. The van der Waals surface area contributed by atoms with Gasteiger partial charge in [0.1, 0.15) is 12.1 Å². The summed E-state index contributed by atoms with van der Waals surface area (Å²) in [6.07, 6.45) is -0.0253. The van der Waals surface area contributed by atoms with Crippen LogP contribution in [0, 0.1) is 0 Å². The fraction of sp³-hybridized carbons (Fsp3) is 0.526. The monoisotopic (exact) mass is 443 g/mol. The van der Waals surface area contributed by atoms with E-state index in [-0.39, 0.29) is 18.1 Å². The first kappa shape index (κ1) is 25.2. The van der Waals surface area contributed by atoms with Crippen LogP contribution in [-0.2, 0) is 35.8 Å². The smallest absolute Gasteiger partial charge is 0.422 e. The number of anilines is 1. The van der Waals surface area contributed by atoms with Crippen molar-refractivity contribution in [2.75, 3.05) is 18.0 Å². The van der Waals surface area contributed by atoms with Crippen LogP contribution in [0.2, 0.25) is 0 Å². The van der Waals surface area contributed by atoms with Crippen molar-refractivity contribution < 1.29 is 32.3 Å². The summed E-state index contributed by atoms with van der Waals surface area (Å²) >= 11 is 0. The van der Waals surface area contributed by atoms with Crippen LogP contribution >= 0.6 is 0 Å². The molecular weight excluding hydrogens is 414 g/mol. The molecule has 168 valence electrons. The second-order valence-corrected chi connectivity index (χ2v) is 8.98. The molecule has 0 spiro atoms. The second-order valence-electron chi connectivity index (χ2n) is 7.38. The van der Waals surface area contributed by atoms with Gasteiger partial charge in [-0.2, -0.15) is 8.42 Å². The van der Waals surface area contributed by atoms with Crippen LogP contribution in [-0.4, -0.2) is 45.6 Å². The van der Waals surface area contributed by atoms with E-state index in [0.717, 1.165) is 19.1 Å². The van der Waals surface area contributed by atoms with Crippen molar-refractivity contribution in [3.05, 3.63) is 29.8 Å². The van der Waals surface area contributed by atoms with Crippen LogP contribution in [0.5, 0.6) is 0 Å². The quantitative estimate of drug-likeness (QED) is 0.557. The van der Waals surface area contributed by atoms with E-state index >= 15 is 0 Å². The molecule has 0 atom stereocenters. The molecule has 0 heterocycles. The van der Waals surface area contributed by atoms with Gasteiger partial charge >= 0.3 is 22.3 Å². The number of ether oxygens (including phenoxy) is 2. The molecule has 0 aliphatic rings. The molecule has 2 N–H and O–H groups in total. The van der Waals surface area contributed by atoms with Crippen molar-refractivity contribution in [3.8, 4) is 0 Å². The Balaban J connectivity index is 3.03. The molecule has 2 amide bonds. The molecule has 0 aliphatic carbocycles. The third-order valence-electron chi connectivity index (χ3n) is 3.59. The van der Waals surface area contributed by atoms with E-state index in [1.807, 2.05) is 6.92 Å². The van der Waals surface area contributed by atoms with Crippen molar-refractivity contribution in [1.82, 2.24) is 10.0 Å². The van der Waals surface area contributed by atoms with Gasteiger partial charge in [-0.05, 0) is 44.9 Å². The summed E-state index contributed by atoms with van der Waals surface area (Å²) in [6.45, 7) is 6.28. The average Bonchev–Trinajstić information content (AvgIpc) is 2.62. The van der Waals surface area contributed by atoms with Crippen molar-refractivity contribution in [3.63, 3.8) is 0 Å². The van der Waals surface area contributed by atoms with Gasteiger partial charge in [0.2, 0.25) is 5.91 Å². The maximum absolute atomic E-state index is 12.7. The van der Waals surface area contributed by atoms with Gasteiger partial charge in [0, 0.05) is 13.0 Å². The summed E-state index contributed by atoms with van der Waals surface area (Å²) in [5, 5.41) is 2.75. The Kier molecular flexibility index (Phi) is 9.09. The molecule has 0 aromatic heterocycles. The Bertz CT molecular complexity index is 846. The van der Waals surface area contributed by atoms with Gasteiger partial charge in [-0.15, -0.1) is 0 Å². The summed E-state index contributed by atoms with van der Waals surface area (Å²) in [5.41, 5.74) is -0.0461. The number of hydrogen-bond acceptors (Lipinski definition) is 7. The molecule has 0 saturated heterocycles. The third kappa shape index (κ3) is 8.68. The maximum atomic E-state index is 12.7. The largest absolute Gasteiger partial charge is 0.468 e. The maximum Gasteiger partial charge on any atom is 0.422 e. The van der Waals surface area contributed by atoms with Crippen LogP contribution < -0.4 is 14.3 Å². The molecule has 11 heteroatoms. The van der Waals surface area contributed by atoms with E-state index in [0.29, 0.717) is 10.7 Å². The molecule has 0 fully saturated rings. The van der Waals surface area contributed by atoms with Crippen molar-refractivity contribution in [1.29, 1.82) is 0 Å². The minimum atomic E-state index is -4.46. The summed E-state index contributed by atoms with van der Waals surface area (Å²) in [5.74, 6) is -0.904. The molecule has 1 aromatic rings. The first-order valence-electron chi connectivity index (χ1n) is 9.34. The Hall–Kier alpha value is -2.82. The molecule has 0 aliphatic heterocycles. The minimum Gasteiger partial charge on any atom is -0.468 e. The fourth-order valence-corrected chi connectivity index (χ4v) is 3.29. The minimum absolute atomic E-state index is 0.0852. The first-order chi connectivity index (χ1) is 13.9. The molecule has 30 heavy (non-hydrogen) atoms. The van der Waals surface area contributed by atoms with E-state index in [2.05, 4.69) is 10.1 Å². The number of nitrogens with one attached hydrogen (secondary N) is 2. The van der Waals surface area contributed by atoms with Gasteiger partial charge in [0.25, 0.3) is 0 Å². The Morgan fingerprint density at radius 1 is 1.10 bits per heavy atom. The Morgan fingerprint density at radius 3 is 2.20 bits per heavy atom. The summed E-state index contributed by atoms with van der Waals surface area (Å²) in [6, 6.07) is 6.13. The second kappa shape index (κ2) is 10.8. The number of nitrogens with zero attached hydrogens (tertiary/aromatic N) is 1. The lowest BCUT2D eigenvalue weighted by atomic mass is 10.2. The van der Waals surface area contributed by atoms with Gasteiger partial charge in [-0.3, -0.25) is 9.59 Å². The average molecular weight is 444 g/mol. The zero-order chi connectivity index (χ0) is 22.9. The van der Waals surface area contributed by atoms with Gasteiger partial charge in [0.05, 0.1) is 12.8 Å². The van der Waals surface area contributed by atoms with Crippen LogP contribution in [0.4, 0.5) is 10.5 Å². The normalized spacial score (nSPS) is 11.4. The lowest BCUT2D eigenvalue weighted by Gasteiger charge is -2.25. The summed E-state index contributed by atoms with van der Waals surface area (Å²) < 4.78 is 37.4. The number of methoxy groups -OCH3 is 1. The number of benzene rings is 1. The van der Waals surface area contributed by atoms with Crippen LogP contribution in [0.25, 0.3) is 0 Å². The van der Waals surface area contributed by atoms with E-state index < -0.39 is 34.4 Å². The van der Waals surface area contributed by atoms with E-state index in [1.54, 1.807) is 37.6 Å². The summed E-state index contributed by atoms with van der Waals surface area (Å²) in [7, 11) is -3.34. The molecule has 0 bridgehead atoms. The molecule has 0 saturated carbocycles. The van der Waals surface area contributed by atoms with Gasteiger partial charge in [-0.25, -0.2) is 13.8 Å². The van der Waals surface area contributed by atoms with Gasteiger partial charge < -0.3 is 14.8 Å². The fourth-order valence-electron chi connectivity index (χ4n) is 2.25. The topological polar surface area (TPSA) is 131 Å². The van der Waals surface area contributed by atoms with Crippen LogP contribution in [0.1, 0.15) is 46.1 Å². The highest BCUT2D eigenvalue weighted by molar-refractivity contribution is 7.91. The Labute approximate surface area is 177 Å². The molecule has 10 nitrogen and oxygen atoms in total. The molecule has 0 radical (unpaired) electrons. The summed E-state index contributed by atoms with van der Waals surface area (Å²) in [4.78, 5) is 35.2. The predicted octanol–water partition coefficient (Wildman–Crippen LogP) is 1.85. The third-order valence-corrected chi connectivity index (χ3v) is 4.94. The SMILES string of the molecule is CCCC(=O)NCc1ccc(N(CC(=O)OC)S(=O)(=O)NC(=O)OC(C)(C)C)cc1.